The first-order chi connectivity index (χ1) is 37.5. The van der Waals surface area contributed by atoms with E-state index in [2.05, 4.69) is 42.1 Å². The average Bonchev–Trinajstić information content (AvgIpc) is 3.84. The predicted octanol–water partition coefficient (Wildman–Crippen LogP) is 12.4. The zero-order chi connectivity index (χ0) is 54.3. The van der Waals surface area contributed by atoms with Crippen LogP contribution in [-0.4, -0.2) is 132 Å². The third-order valence-electron chi connectivity index (χ3n) is 12.5. The monoisotopic (exact) mass is 1200 g/mol. The number of aliphatic imine (C=N–C) groups is 3. The molecular formula is C55H51BrCl5N13O3. The van der Waals surface area contributed by atoms with E-state index in [-0.39, 0.29) is 11.3 Å². The molecule has 0 spiro atoms. The molecule has 77 heavy (non-hydrogen) atoms. The van der Waals surface area contributed by atoms with Gasteiger partial charge < -0.3 is 49.8 Å². The minimum absolute atomic E-state index is 0.111. The van der Waals surface area contributed by atoms with Gasteiger partial charge in [-0.1, -0.05) is 71.2 Å². The topological polar surface area (TPSA) is 190 Å². The first kappa shape index (κ1) is 56.3. The lowest BCUT2D eigenvalue weighted by molar-refractivity contribution is 0.246. The van der Waals surface area contributed by atoms with Crippen LogP contribution in [0.1, 0.15) is 16.7 Å². The molecule has 4 N–H and O–H groups in total. The first-order valence-electron chi connectivity index (χ1n) is 24.3. The normalized spacial score (nSPS) is 15.5. The summed E-state index contributed by atoms with van der Waals surface area (Å²) in [6, 6.07) is 40.2. The standard InChI is InChI=1S/C18H18ClN5O.C18H15ClN4O.C17H16ClN3O.CBrN.CH2Cl2/c19-12-5-6-15-13(11-12)17(22-14-3-1-2-4-16(14)25-15)23-7-9-24(10-8-23)18(20)21;19-13-5-6-16-14(11-13)18(23-9-7-22(12-20)8-10-23)21-15-3-1-2-4-17(15)24-16;18-12-5-6-15-13(11-12)17(21-9-7-19-8-10-21)20-14-3-1-2-4-16(14)22-15;2*2-1-3/h1-6,11H,7-10H2,(H3,20,21);1-6,11H,7-10H2;1-6,11,19H,7-10H2;;1H2. The molecule has 6 heterocycles. The predicted molar refractivity (Wildman–Crippen MR) is 312 cm³/mol. The van der Waals surface area contributed by atoms with Gasteiger partial charge in [0.25, 0.3) is 0 Å². The summed E-state index contributed by atoms with van der Waals surface area (Å²) in [6.07, 6.45) is 2.20. The van der Waals surface area contributed by atoms with E-state index in [1.54, 1.807) is 9.88 Å². The smallest absolute Gasteiger partial charge is 0.188 e. The van der Waals surface area contributed by atoms with Crippen molar-refractivity contribution in [3.05, 3.63) is 159 Å². The second kappa shape index (κ2) is 27.4. The van der Waals surface area contributed by atoms with E-state index >= 15 is 0 Å². The van der Waals surface area contributed by atoms with E-state index in [4.69, 9.17) is 109 Å². The van der Waals surface area contributed by atoms with Gasteiger partial charge in [-0.3, -0.25) is 5.41 Å². The summed E-state index contributed by atoms with van der Waals surface area (Å²) < 4.78 is 18.2. The van der Waals surface area contributed by atoms with E-state index in [1.807, 2.05) is 132 Å². The molecule has 0 unspecified atom stereocenters. The third kappa shape index (κ3) is 14.4. The Bertz CT molecular complexity index is 3240. The fourth-order valence-electron chi connectivity index (χ4n) is 8.86. The lowest BCUT2D eigenvalue weighted by Crippen LogP contribution is -2.52. The van der Waals surface area contributed by atoms with Crippen molar-refractivity contribution < 1.29 is 14.2 Å². The van der Waals surface area contributed by atoms with Crippen molar-refractivity contribution in [2.45, 2.75) is 0 Å². The van der Waals surface area contributed by atoms with Gasteiger partial charge in [0.2, 0.25) is 0 Å². The van der Waals surface area contributed by atoms with Gasteiger partial charge in [-0.15, -0.1) is 23.2 Å². The van der Waals surface area contributed by atoms with Crippen LogP contribution in [0.2, 0.25) is 15.1 Å². The minimum atomic E-state index is 0.111. The number of para-hydroxylation sites is 6. The SMILES string of the molecule is ClCCl.Clc1ccc2c(c1)C(N1CCNCC1)=Nc1ccccc1O2.N#CBr.N#CN1CCN(C2=Nc3ccccc3Oc3ccc(Cl)cc32)CC1.N=C(N)N1CCN(C2=Nc3ccccc3Oc3ccc(Cl)cc32)CC1. The molecular weight excluding hydrogens is 1150 g/mol. The molecule has 0 amide bonds. The van der Waals surface area contributed by atoms with Crippen molar-refractivity contribution in [3.63, 3.8) is 0 Å². The number of piperazine rings is 3. The molecule has 12 rings (SSSR count). The van der Waals surface area contributed by atoms with Gasteiger partial charge >= 0.3 is 0 Å². The maximum absolute atomic E-state index is 9.05. The highest BCUT2D eigenvalue weighted by Gasteiger charge is 2.29. The van der Waals surface area contributed by atoms with Crippen molar-refractivity contribution in [2.75, 3.05) is 83.9 Å². The second-order valence-electron chi connectivity index (χ2n) is 17.3. The van der Waals surface area contributed by atoms with Crippen molar-refractivity contribution in [2.24, 2.45) is 20.7 Å². The highest BCUT2D eigenvalue weighted by molar-refractivity contribution is 9.12. The molecule has 16 nitrogen and oxygen atoms in total. The number of halogens is 6. The number of nitriles is 2. The van der Waals surface area contributed by atoms with Gasteiger partial charge in [0.1, 0.15) is 56.8 Å². The quantitative estimate of drug-likeness (QED) is 0.0565. The Labute approximate surface area is 480 Å². The number of fused-ring (bicyclic) bond motifs is 6. The molecule has 6 aromatic carbocycles. The van der Waals surface area contributed by atoms with Crippen LogP contribution in [-0.2, 0) is 0 Å². The molecule has 0 aliphatic carbocycles. The maximum Gasteiger partial charge on any atom is 0.188 e. The lowest BCUT2D eigenvalue weighted by Gasteiger charge is -2.36. The summed E-state index contributed by atoms with van der Waals surface area (Å²) in [5.41, 5.74) is 10.7. The molecule has 0 radical (unpaired) electrons. The highest BCUT2D eigenvalue weighted by atomic mass is 79.9. The molecule has 3 fully saturated rings. The zero-order valence-electron chi connectivity index (χ0n) is 41.4. The number of nitrogens with zero attached hydrogens (tertiary/aromatic N) is 10. The summed E-state index contributed by atoms with van der Waals surface area (Å²) in [7, 11) is 0. The second-order valence-corrected chi connectivity index (χ2v) is 19.8. The molecule has 6 aliphatic heterocycles. The van der Waals surface area contributed by atoms with Gasteiger partial charge in [0, 0.05) is 110 Å². The summed E-state index contributed by atoms with van der Waals surface area (Å²) in [5, 5.41) is 29.4. The number of benzene rings is 6. The van der Waals surface area contributed by atoms with Gasteiger partial charge in [0.05, 0.1) is 22.0 Å². The minimum Gasteiger partial charge on any atom is -0.454 e. The first-order valence-corrected chi connectivity index (χ1v) is 27.3. The Morgan fingerprint density at radius 3 is 1.19 bits per heavy atom. The third-order valence-corrected chi connectivity index (χ3v) is 13.2. The Hall–Kier alpha value is -6.93. The molecule has 0 saturated carbocycles. The van der Waals surface area contributed by atoms with Crippen LogP contribution in [0.15, 0.2) is 142 Å². The number of rotatable bonds is 0. The molecule has 0 aromatic heterocycles. The summed E-state index contributed by atoms with van der Waals surface area (Å²) in [5.74, 6) is 7.23. The van der Waals surface area contributed by atoms with Crippen molar-refractivity contribution in [1.29, 1.82) is 15.9 Å². The number of nitrogens with two attached hydrogens (primary N) is 1. The summed E-state index contributed by atoms with van der Waals surface area (Å²) in [4.78, 5) is 26.5. The van der Waals surface area contributed by atoms with Crippen molar-refractivity contribution in [3.8, 4) is 45.7 Å². The summed E-state index contributed by atoms with van der Waals surface area (Å²) in [6.45, 7) is 9.44. The van der Waals surface area contributed by atoms with Gasteiger partial charge in [-0.25, -0.2) is 15.0 Å². The number of amidine groups is 3. The van der Waals surface area contributed by atoms with Crippen LogP contribution in [0.5, 0.6) is 34.5 Å². The number of hydrogen-bond acceptors (Lipinski definition) is 14. The molecule has 3 saturated heterocycles. The van der Waals surface area contributed by atoms with Crippen LogP contribution >= 0.6 is 73.9 Å². The van der Waals surface area contributed by atoms with Crippen molar-refractivity contribution in [1.82, 2.24) is 29.8 Å². The Morgan fingerprint density at radius 2 is 0.857 bits per heavy atom. The molecule has 396 valence electrons. The molecule has 0 atom stereocenters. The van der Waals surface area contributed by atoms with E-state index in [9.17, 15) is 0 Å². The van der Waals surface area contributed by atoms with Crippen LogP contribution in [0.25, 0.3) is 0 Å². The molecule has 0 bridgehead atoms. The Morgan fingerprint density at radius 1 is 0.532 bits per heavy atom. The van der Waals surface area contributed by atoms with Crippen LogP contribution in [0.4, 0.5) is 17.1 Å². The maximum atomic E-state index is 9.05. The Kier molecular flexibility index (Phi) is 20.0. The molecule has 22 heteroatoms. The van der Waals surface area contributed by atoms with E-state index in [1.165, 1.54) is 0 Å². The number of hydrogen-bond donors (Lipinski definition) is 3. The van der Waals surface area contributed by atoms with Crippen LogP contribution < -0.4 is 25.3 Å². The Balaban J connectivity index is 0.000000145. The highest BCUT2D eigenvalue weighted by Crippen LogP contribution is 2.42. The van der Waals surface area contributed by atoms with Crippen molar-refractivity contribution >= 4 is 114 Å². The van der Waals surface area contributed by atoms with E-state index in [0.717, 1.165) is 138 Å². The number of guanidine groups is 1. The van der Waals surface area contributed by atoms with Gasteiger partial charge in [0.15, 0.2) is 29.4 Å². The fraction of sp³-hybridized carbons (Fsp3) is 0.236. The summed E-state index contributed by atoms with van der Waals surface area (Å²) >= 11 is 30.6. The number of alkyl halides is 2. The van der Waals surface area contributed by atoms with Crippen LogP contribution in [0, 0.1) is 27.1 Å². The van der Waals surface area contributed by atoms with Gasteiger partial charge in [-0.2, -0.15) is 10.5 Å². The number of ether oxygens (including phenoxy) is 3. The zero-order valence-corrected chi connectivity index (χ0v) is 46.7. The largest absolute Gasteiger partial charge is 0.454 e. The van der Waals surface area contributed by atoms with E-state index in [0.29, 0.717) is 41.2 Å². The lowest BCUT2D eigenvalue weighted by atomic mass is 10.1. The number of nitrogens with one attached hydrogen (secondary N) is 2. The molecule has 6 aromatic rings. The average molecular weight is 1200 g/mol. The van der Waals surface area contributed by atoms with Gasteiger partial charge in [-0.05, 0) is 91.0 Å². The van der Waals surface area contributed by atoms with E-state index < -0.39 is 0 Å². The molecule has 6 aliphatic rings. The fourth-order valence-corrected chi connectivity index (χ4v) is 9.38. The van der Waals surface area contributed by atoms with Crippen LogP contribution in [0.3, 0.4) is 0 Å².